The lowest BCUT2D eigenvalue weighted by molar-refractivity contribution is -0.142. The average molecular weight is 352 g/mol. The number of sulfone groups is 1. The van der Waals surface area contributed by atoms with Crippen LogP contribution in [0.4, 0.5) is 11.4 Å². The van der Waals surface area contributed by atoms with E-state index in [1.165, 1.54) is 0 Å². The number of aliphatic carboxylic acids is 1. The zero-order valence-electron chi connectivity index (χ0n) is 13.6. The van der Waals surface area contributed by atoms with Gasteiger partial charge in [-0.1, -0.05) is 6.07 Å². The second-order valence-corrected chi connectivity index (χ2v) is 9.02. The first-order chi connectivity index (χ1) is 11.4. The maximum Gasteiger partial charge on any atom is 0.306 e. The molecule has 2 N–H and O–H groups in total. The van der Waals surface area contributed by atoms with Crippen LogP contribution in [0.3, 0.4) is 0 Å². The summed E-state index contributed by atoms with van der Waals surface area (Å²) in [6.45, 7) is 1.07. The van der Waals surface area contributed by atoms with E-state index < -0.39 is 15.8 Å². The lowest BCUT2D eigenvalue weighted by Crippen LogP contribution is -2.40. The molecule has 7 heteroatoms. The molecule has 1 aromatic carbocycles. The summed E-state index contributed by atoms with van der Waals surface area (Å²) in [5.41, 5.74) is 2.05. The molecule has 3 rings (SSSR count). The maximum atomic E-state index is 11.6. The highest BCUT2D eigenvalue weighted by Gasteiger charge is 2.26. The Balaban J connectivity index is 1.59. The number of carboxylic acids is 1. The predicted molar refractivity (Wildman–Crippen MR) is 94.3 cm³/mol. The normalized spacial score (nSPS) is 26.8. The predicted octanol–water partition coefficient (Wildman–Crippen LogP) is 1.98. The Bertz CT molecular complexity index is 682. The van der Waals surface area contributed by atoms with Gasteiger partial charge in [0.15, 0.2) is 9.84 Å². The maximum absolute atomic E-state index is 11.6. The lowest BCUT2D eigenvalue weighted by Gasteiger charge is -2.30. The molecule has 1 aromatic rings. The van der Waals surface area contributed by atoms with Gasteiger partial charge in [0.1, 0.15) is 0 Å². The molecule has 0 amide bonds. The summed E-state index contributed by atoms with van der Waals surface area (Å²) in [6, 6.07) is 8.35. The van der Waals surface area contributed by atoms with Gasteiger partial charge in [-0.15, -0.1) is 0 Å². The second-order valence-electron chi connectivity index (χ2n) is 6.72. The van der Waals surface area contributed by atoms with E-state index in [1.807, 2.05) is 18.2 Å². The first kappa shape index (κ1) is 17.1. The summed E-state index contributed by atoms with van der Waals surface area (Å²) in [7, 11) is -2.87. The fraction of sp³-hybridized carbons (Fsp3) is 0.588. The van der Waals surface area contributed by atoms with Crippen LogP contribution >= 0.6 is 0 Å². The Morgan fingerprint density at radius 2 is 1.79 bits per heavy atom. The highest BCUT2D eigenvalue weighted by Crippen LogP contribution is 2.28. The molecular weight excluding hydrogens is 328 g/mol. The summed E-state index contributed by atoms with van der Waals surface area (Å²) >= 11 is 0. The number of benzene rings is 1. The number of hydrogen-bond donors (Lipinski definition) is 2. The number of nitrogens with zero attached hydrogens (tertiary/aromatic N) is 1. The number of carbonyl (C=O) groups is 1. The van der Waals surface area contributed by atoms with Crippen molar-refractivity contribution in [3.05, 3.63) is 24.3 Å². The first-order valence-electron chi connectivity index (χ1n) is 8.48. The zero-order chi connectivity index (χ0) is 17.2. The van der Waals surface area contributed by atoms with Gasteiger partial charge in [0.2, 0.25) is 0 Å². The van der Waals surface area contributed by atoms with Crippen LogP contribution in [0.5, 0.6) is 0 Å². The van der Waals surface area contributed by atoms with Crippen LogP contribution in [0.15, 0.2) is 24.3 Å². The summed E-state index contributed by atoms with van der Waals surface area (Å²) in [6.07, 6.45) is 3.17. The van der Waals surface area contributed by atoms with Crippen LogP contribution in [-0.2, 0) is 14.6 Å². The van der Waals surface area contributed by atoms with Crippen molar-refractivity contribution in [3.63, 3.8) is 0 Å². The Labute approximate surface area is 142 Å². The van der Waals surface area contributed by atoms with Crippen molar-refractivity contribution >= 4 is 27.2 Å². The van der Waals surface area contributed by atoms with E-state index in [4.69, 9.17) is 5.11 Å². The van der Waals surface area contributed by atoms with Crippen molar-refractivity contribution in [3.8, 4) is 0 Å². The molecule has 0 aromatic heterocycles. The number of hydrogen-bond acceptors (Lipinski definition) is 5. The van der Waals surface area contributed by atoms with Gasteiger partial charge in [0.25, 0.3) is 0 Å². The molecule has 1 aliphatic carbocycles. The smallest absolute Gasteiger partial charge is 0.306 e. The molecule has 0 spiro atoms. The third-order valence-electron chi connectivity index (χ3n) is 5.00. The third kappa shape index (κ3) is 4.20. The van der Waals surface area contributed by atoms with Crippen LogP contribution in [0, 0.1) is 5.92 Å². The van der Waals surface area contributed by atoms with Crippen LogP contribution in [-0.4, -0.2) is 50.1 Å². The van der Waals surface area contributed by atoms with Gasteiger partial charge >= 0.3 is 5.97 Å². The van der Waals surface area contributed by atoms with Crippen molar-refractivity contribution in [1.82, 2.24) is 0 Å². The molecule has 0 unspecified atom stereocenters. The number of nitrogens with one attached hydrogen (secondary N) is 1. The molecule has 132 valence electrons. The molecule has 1 saturated heterocycles. The Morgan fingerprint density at radius 1 is 1.12 bits per heavy atom. The Hall–Kier alpha value is -1.76. The number of anilines is 2. The molecule has 1 saturated carbocycles. The van der Waals surface area contributed by atoms with E-state index in [-0.39, 0.29) is 17.4 Å². The van der Waals surface area contributed by atoms with Gasteiger partial charge < -0.3 is 15.3 Å². The lowest BCUT2D eigenvalue weighted by atomic mass is 9.86. The van der Waals surface area contributed by atoms with Gasteiger partial charge in [0, 0.05) is 30.5 Å². The number of rotatable bonds is 4. The van der Waals surface area contributed by atoms with Crippen LogP contribution in [0.1, 0.15) is 25.7 Å². The van der Waals surface area contributed by atoms with E-state index in [2.05, 4.69) is 16.3 Å². The van der Waals surface area contributed by atoms with E-state index >= 15 is 0 Å². The molecule has 2 aliphatic rings. The largest absolute Gasteiger partial charge is 0.481 e. The van der Waals surface area contributed by atoms with Crippen LogP contribution < -0.4 is 10.2 Å². The molecule has 0 atom stereocenters. The van der Waals surface area contributed by atoms with E-state index in [0.29, 0.717) is 19.1 Å². The summed E-state index contributed by atoms with van der Waals surface area (Å²) < 4.78 is 23.1. The van der Waals surface area contributed by atoms with E-state index in [9.17, 15) is 13.2 Å². The van der Waals surface area contributed by atoms with Crippen LogP contribution in [0.2, 0.25) is 0 Å². The molecule has 2 fully saturated rings. The van der Waals surface area contributed by atoms with Crippen molar-refractivity contribution < 1.29 is 18.3 Å². The first-order valence-corrected chi connectivity index (χ1v) is 10.3. The summed E-state index contributed by atoms with van der Waals surface area (Å²) in [5.74, 6) is -0.464. The van der Waals surface area contributed by atoms with E-state index in [1.54, 1.807) is 0 Å². The molecule has 6 nitrogen and oxygen atoms in total. The molecule has 24 heavy (non-hydrogen) atoms. The molecular formula is C17H24N2O4S. The van der Waals surface area contributed by atoms with Crippen molar-refractivity contribution in [2.75, 3.05) is 34.8 Å². The molecule has 1 aliphatic heterocycles. The standard InChI is InChI=1S/C17H24N2O4S/c20-17(21)13-4-6-14(7-5-13)18-15-2-1-3-16(12-15)19-8-10-24(22,23)11-9-19/h1-3,12-14,18H,4-11H2,(H,20,21). The zero-order valence-corrected chi connectivity index (χ0v) is 14.5. The van der Waals surface area contributed by atoms with Gasteiger partial charge in [0.05, 0.1) is 17.4 Å². The average Bonchev–Trinajstić information content (AvgIpc) is 2.55. The van der Waals surface area contributed by atoms with Crippen molar-refractivity contribution in [1.29, 1.82) is 0 Å². The Kier molecular flexibility index (Phi) is 4.99. The number of carboxylic acid groups (broad SMARTS) is 1. The quantitative estimate of drug-likeness (QED) is 0.862. The monoisotopic (exact) mass is 352 g/mol. The summed E-state index contributed by atoms with van der Waals surface area (Å²) in [4.78, 5) is 13.1. The minimum absolute atomic E-state index is 0.204. The van der Waals surface area contributed by atoms with Crippen molar-refractivity contribution in [2.24, 2.45) is 5.92 Å². The molecule has 0 bridgehead atoms. The van der Waals surface area contributed by atoms with Crippen LogP contribution in [0.25, 0.3) is 0 Å². The SMILES string of the molecule is O=C(O)C1CCC(Nc2cccc(N3CCS(=O)(=O)CC3)c2)CC1. The highest BCUT2D eigenvalue weighted by molar-refractivity contribution is 7.91. The van der Waals surface area contributed by atoms with Crippen molar-refractivity contribution in [2.45, 2.75) is 31.7 Å². The van der Waals surface area contributed by atoms with Gasteiger partial charge in [-0.25, -0.2) is 8.42 Å². The second kappa shape index (κ2) is 7.01. The minimum Gasteiger partial charge on any atom is -0.481 e. The third-order valence-corrected chi connectivity index (χ3v) is 6.61. The minimum atomic E-state index is -2.87. The highest BCUT2D eigenvalue weighted by atomic mass is 32.2. The van der Waals surface area contributed by atoms with Gasteiger partial charge in [-0.05, 0) is 43.9 Å². The van der Waals surface area contributed by atoms with Gasteiger partial charge in [-0.3, -0.25) is 4.79 Å². The molecule has 1 heterocycles. The Morgan fingerprint density at radius 3 is 2.42 bits per heavy atom. The summed E-state index contributed by atoms with van der Waals surface area (Å²) in [5, 5.41) is 12.6. The topological polar surface area (TPSA) is 86.7 Å². The van der Waals surface area contributed by atoms with Gasteiger partial charge in [-0.2, -0.15) is 0 Å². The fourth-order valence-electron chi connectivity index (χ4n) is 3.48. The molecule has 0 radical (unpaired) electrons. The van der Waals surface area contributed by atoms with E-state index in [0.717, 1.165) is 37.1 Å². The fourth-order valence-corrected chi connectivity index (χ4v) is 4.68.